The average molecular weight is 392 g/mol. The van der Waals surface area contributed by atoms with Crippen molar-refractivity contribution in [2.24, 2.45) is 11.3 Å². The molecule has 24 heavy (non-hydrogen) atoms. The molecule has 1 amide bonds. The lowest BCUT2D eigenvalue weighted by Crippen LogP contribution is -2.47. The topological polar surface area (TPSA) is 35.6 Å². The van der Waals surface area contributed by atoms with E-state index in [1.54, 1.807) is 11.8 Å². The molecule has 0 radical (unpaired) electrons. The van der Waals surface area contributed by atoms with Gasteiger partial charge in [0.05, 0.1) is 5.41 Å². The zero-order chi connectivity index (χ0) is 15.7. The number of nitrogens with zero attached hydrogens (tertiary/aromatic N) is 2. The Balaban J connectivity index is 0.00000144. The highest BCUT2D eigenvalue weighted by molar-refractivity contribution is 7.98. The van der Waals surface area contributed by atoms with Crippen LogP contribution >= 0.6 is 36.6 Å². The van der Waals surface area contributed by atoms with Gasteiger partial charge < -0.3 is 15.1 Å². The second-order valence-corrected chi connectivity index (χ2v) is 7.57. The number of carbonyl (C=O) groups is 1. The smallest absolute Gasteiger partial charge is 0.231 e. The van der Waals surface area contributed by atoms with Crippen molar-refractivity contribution < 1.29 is 4.79 Å². The third kappa shape index (κ3) is 4.02. The molecule has 2 saturated heterocycles. The zero-order valence-electron chi connectivity index (χ0n) is 14.4. The van der Waals surface area contributed by atoms with Crippen LogP contribution in [0.2, 0.25) is 0 Å². The first kappa shape index (κ1) is 21.6. The molecule has 2 aliphatic heterocycles. The molecule has 1 aromatic rings. The Kier molecular flexibility index (Phi) is 7.88. The van der Waals surface area contributed by atoms with Gasteiger partial charge in [-0.05, 0) is 31.0 Å². The van der Waals surface area contributed by atoms with Gasteiger partial charge in [-0.15, -0.1) is 36.6 Å². The van der Waals surface area contributed by atoms with E-state index in [1.807, 2.05) is 11.9 Å². The van der Waals surface area contributed by atoms with E-state index in [-0.39, 0.29) is 30.2 Å². The van der Waals surface area contributed by atoms with E-state index < -0.39 is 0 Å². The van der Waals surface area contributed by atoms with E-state index in [2.05, 4.69) is 47.8 Å². The fraction of sp³-hybridized carbons (Fsp3) is 0.588. The summed E-state index contributed by atoms with van der Waals surface area (Å²) in [4.78, 5) is 18.6. The lowest BCUT2D eigenvalue weighted by atomic mass is 9.79. The molecule has 0 saturated carbocycles. The summed E-state index contributed by atoms with van der Waals surface area (Å²) in [5, 5.41) is 3.43. The van der Waals surface area contributed by atoms with Gasteiger partial charge in [0, 0.05) is 50.6 Å². The highest BCUT2D eigenvalue weighted by Gasteiger charge is 2.54. The highest BCUT2D eigenvalue weighted by Crippen LogP contribution is 2.40. The predicted octanol–water partition coefficient (Wildman–Crippen LogP) is 2.36. The molecule has 0 unspecified atom stereocenters. The van der Waals surface area contributed by atoms with Gasteiger partial charge >= 0.3 is 0 Å². The Morgan fingerprint density at radius 2 is 2.21 bits per heavy atom. The highest BCUT2D eigenvalue weighted by atomic mass is 35.5. The lowest BCUT2D eigenvalue weighted by Gasteiger charge is -2.31. The van der Waals surface area contributed by atoms with Gasteiger partial charge in [0.15, 0.2) is 0 Å². The summed E-state index contributed by atoms with van der Waals surface area (Å²) in [5.41, 5.74) is 0.980. The second-order valence-electron chi connectivity index (χ2n) is 6.69. The molecule has 2 heterocycles. The summed E-state index contributed by atoms with van der Waals surface area (Å²) in [7, 11) is 4.06. The number of halogens is 2. The Bertz CT molecular complexity index is 575. The van der Waals surface area contributed by atoms with Crippen LogP contribution in [0.3, 0.4) is 0 Å². The SMILES string of the molecule is CSc1cccc(CN(C)C(=O)[C@@]23CNC[C@@H]2CN(C)C3)c1.Cl.Cl. The number of hydrogen-bond acceptors (Lipinski definition) is 4. The van der Waals surface area contributed by atoms with E-state index in [0.29, 0.717) is 18.4 Å². The van der Waals surface area contributed by atoms with Crippen molar-refractivity contribution in [2.75, 3.05) is 46.5 Å². The number of hydrogen-bond donors (Lipinski definition) is 1. The number of likely N-dealkylation sites (tertiary alicyclic amines) is 1. The second kappa shape index (κ2) is 8.77. The molecule has 7 heteroatoms. The average Bonchev–Trinajstić information content (AvgIpc) is 3.03. The molecular weight excluding hydrogens is 365 g/mol. The molecule has 2 fully saturated rings. The van der Waals surface area contributed by atoms with Gasteiger partial charge in [-0.3, -0.25) is 4.79 Å². The molecule has 3 rings (SSSR count). The van der Waals surface area contributed by atoms with Crippen LogP contribution in [0.4, 0.5) is 0 Å². The number of amides is 1. The van der Waals surface area contributed by atoms with Crippen molar-refractivity contribution in [1.29, 1.82) is 0 Å². The van der Waals surface area contributed by atoms with Crippen molar-refractivity contribution in [3.05, 3.63) is 29.8 Å². The van der Waals surface area contributed by atoms with Crippen molar-refractivity contribution in [3.63, 3.8) is 0 Å². The van der Waals surface area contributed by atoms with Crippen LogP contribution in [-0.4, -0.2) is 62.2 Å². The maximum atomic E-state index is 13.1. The number of benzene rings is 1. The molecule has 2 aliphatic rings. The number of fused-ring (bicyclic) bond motifs is 1. The third-order valence-electron chi connectivity index (χ3n) is 5.02. The summed E-state index contributed by atoms with van der Waals surface area (Å²) >= 11 is 1.74. The summed E-state index contributed by atoms with van der Waals surface area (Å²) in [6.07, 6.45) is 2.08. The minimum Gasteiger partial charge on any atom is -0.341 e. The molecule has 0 spiro atoms. The fourth-order valence-corrected chi connectivity index (χ4v) is 4.45. The van der Waals surface area contributed by atoms with E-state index in [4.69, 9.17) is 0 Å². The van der Waals surface area contributed by atoms with Crippen molar-refractivity contribution in [1.82, 2.24) is 15.1 Å². The maximum absolute atomic E-state index is 13.1. The van der Waals surface area contributed by atoms with Crippen LogP contribution in [-0.2, 0) is 11.3 Å². The molecular formula is C17H27Cl2N3OS. The minimum atomic E-state index is -0.222. The maximum Gasteiger partial charge on any atom is 0.231 e. The van der Waals surface area contributed by atoms with E-state index in [9.17, 15) is 4.79 Å². The van der Waals surface area contributed by atoms with E-state index in [0.717, 1.165) is 26.2 Å². The Morgan fingerprint density at radius 1 is 1.46 bits per heavy atom. The Hall–Kier alpha value is -0.460. The van der Waals surface area contributed by atoms with Crippen LogP contribution in [0, 0.1) is 11.3 Å². The summed E-state index contributed by atoms with van der Waals surface area (Å²) in [6.45, 7) is 4.36. The first-order valence-corrected chi connectivity index (χ1v) is 9.05. The van der Waals surface area contributed by atoms with E-state index >= 15 is 0 Å². The Labute approximate surface area is 161 Å². The molecule has 136 valence electrons. The van der Waals surface area contributed by atoms with Gasteiger partial charge in [-0.1, -0.05) is 12.1 Å². The number of thioether (sulfide) groups is 1. The predicted molar refractivity (Wildman–Crippen MR) is 105 cm³/mol. The largest absolute Gasteiger partial charge is 0.341 e. The lowest BCUT2D eigenvalue weighted by molar-refractivity contribution is -0.141. The molecule has 0 aromatic heterocycles. The third-order valence-corrected chi connectivity index (χ3v) is 5.75. The first-order chi connectivity index (χ1) is 10.5. The molecule has 1 aromatic carbocycles. The van der Waals surface area contributed by atoms with Gasteiger partial charge in [0.2, 0.25) is 5.91 Å². The fourth-order valence-electron chi connectivity index (χ4n) is 3.97. The standard InChI is InChI=1S/C17H25N3OS.2ClH/c1-19-10-14-8-18-11-17(14,12-19)16(21)20(2)9-13-5-4-6-15(7-13)22-3;;/h4-7,14,18H,8-12H2,1-3H3;2*1H/t14-,17-;;/m1../s1. The van der Waals surface area contributed by atoms with Crippen LogP contribution in [0.15, 0.2) is 29.2 Å². The summed E-state index contributed by atoms with van der Waals surface area (Å²) in [6, 6.07) is 8.46. The van der Waals surface area contributed by atoms with Crippen molar-refractivity contribution in [2.45, 2.75) is 11.4 Å². The molecule has 4 nitrogen and oxygen atoms in total. The summed E-state index contributed by atoms with van der Waals surface area (Å²) in [5.74, 6) is 0.742. The van der Waals surface area contributed by atoms with Crippen LogP contribution < -0.4 is 5.32 Å². The number of carbonyl (C=O) groups excluding carboxylic acids is 1. The van der Waals surface area contributed by atoms with Crippen molar-refractivity contribution in [3.8, 4) is 0 Å². The van der Waals surface area contributed by atoms with Crippen LogP contribution in [0.1, 0.15) is 5.56 Å². The molecule has 1 N–H and O–H groups in total. The van der Waals surface area contributed by atoms with Gasteiger partial charge in [-0.25, -0.2) is 0 Å². The van der Waals surface area contributed by atoms with Crippen LogP contribution in [0.25, 0.3) is 0 Å². The van der Waals surface area contributed by atoms with Gasteiger partial charge in [0.1, 0.15) is 0 Å². The Morgan fingerprint density at radius 3 is 2.92 bits per heavy atom. The van der Waals surface area contributed by atoms with E-state index in [1.165, 1.54) is 10.5 Å². The molecule has 0 aliphatic carbocycles. The summed E-state index contributed by atoms with van der Waals surface area (Å²) < 4.78 is 0. The molecule has 2 atom stereocenters. The van der Waals surface area contributed by atoms with Gasteiger partial charge in [-0.2, -0.15) is 0 Å². The monoisotopic (exact) mass is 391 g/mol. The quantitative estimate of drug-likeness (QED) is 0.799. The number of rotatable bonds is 4. The van der Waals surface area contributed by atoms with Gasteiger partial charge in [0.25, 0.3) is 0 Å². The molecule has 0 bridgehead atoms. The normalized spacial score (nSPS) is 25.5. The zero-order valence-corrected chi connectivity index (χ0v) is 16.9. The first-order valence-electron chi connectivity index (χ1n) is 7.83. The number of nitrogens with one attached hydrogen (secondary N) is 1. The van der Waals surface area contributed by atoms with Crippen molar-refractivity contribution >= 4 is 42.5 Å². The van der Waals surface area contributed by atoms with Crippen LogP contribution in [0.5, 0.6) is 0 Å². The minimum absolute atomic E-state index is 0.